The monoisotopic (exact) mass is 155 g/mol. The molecule has 2 rings (SSSR count). The SMILES string of the molecule is Nc1nccn1C1CSC1. The van der Waals surface area contributed by atoms with E-state index in [4.69, 9.17) is 5.73 Å². The van der Waals surface area contributed by atoms with E-state index in [2.05, 4.69) is 4.98 Å². The van der Waals surface area contributed by atoms with Crippen molar-refractivity contribution in [2.75, 3.05) is 17.2 Å². The summed E-state index contributed by atoms with van der Waals surface area (Å²) in [4.78, 5) is 3.95. The van der Waals surface area contributed by atoms with Crippen LogP contribution in [0, 0.1) is 0 Å². The quantitative estimate of drug-likeness (QED) is 0.651. The Labute approximate surface area is 63.6 Å². The van der Waals surface area contributed by atoms with E-state index in [1.165, 1.54) is 11.5 Å². The highest BCUT2D eigenvalue weighted by molar-refractivity contribution is 8.00. The van der Waals surface area contributed by atoms with Crippen molar-refractivity contribution in [1.82, 2.24) is 9.55 Å². The highest BCUT2D eigenvalue weighted by Crippen LogP contribution is 2.30. The van der Waals surface area contributed by atoms with E-state index < -0.39 is 0 Å². The van der Waals surface area contributed by atoms with Crippen LogP contribution in [-0.2, 0) is 0 Å². The summed E-state index contributed by atoms with van der Waals surface area (Å²) in [5, 5.41) is 0. The minimum atomic E-state index is 0.604. The number of nitrogens with two attached hydrogens (primary N) is 1. The van der Waals surface area contributed by atoms with Gasteiger partial charge in [-0.25, -0.2) is 4.98 Å². The van der Waals surface area contributed by atoms with Crippen molar-refractivity contribution in [1.29, 1.82) is 0 Å². The molecule has 10 heavy (non-hydrogen) atoms. The van der Waals surface area contributed by atoms with E-state index in [1.807, 2.05) is 22.5 Å². The highest BCUT2D eigenvalue weighted by Gasteiger charge is 2.20. The maximum Gasteiger partial charge on any atom is 0.200 e. The molecule has 0 saturated carbocycles. The van der Waals surface area contributed by atoms with Gasteiger partial charge in [-0.2, -0.15) is 11.8 Å². The van der Waals surface area contributed by atoms with Gasteiger partial charge in [-0.15, -0.1) is 0 Å². The fourth-order valence-corrected chi connectivity index (χ4v) is 1.78. The molecule has 0 spiro atoms. The normalized spacial score (nSPS) is 18.8. The van der Waals surface area contributed by atoms with Crippen molar-refractivity contribution in [2.24, 2.45) is 0 Å². The van der Waals surface area contributed by atoms with Gasteiger partial charge in [-0.1, -0.05) is 0 Å². The number of anilines is 1. The van der Waals surface area contributed by atoms with Crippen molar-refractivity contribution < 1.29 is 0 Å². The third-order valence-electron chi connectivity index (χ3n) is 1.71. The molecule has 0 aromatic carbocycles. The van der Waals surface area contributed by atoms with Crippen molar-refractivity contribution >= 4 is 17.7 Å². The summed E-state index contributed by atoms with van der Waals surface area (Å²) >= 11 is 1.95. The molecule has 1 fully saturated rings. The highest BCUT2D eigenvalue weighted by atomic mass is 32.2. The van der Waals surface area contributed by atoms with Crippen LogP contribution < -0.4 is 5.73 Å². The molecule has 1 aliphatic heterocycles. The second-order valence-electron chi connectivity index (χ2n) is 2.38. The molecule has 1 aromatic rings. The average molecular weight is 155 g/mol. The molecule has 0 radical (unpaired) electrons. The number of imidazole rings is 1. The maximum atomic E-state index is 5.59. The summed E-state index contributed by atoms with van der Waals surface area (Å²) in [6.45, 7) is 0. The zero-order valence-corrected chi connectivity index (χ0v) is 6.34. The third kappa shape index (κ3) is 0.794. The first kappa shape index (κ1) is 6.09. The summed E-state index contributed by atoms with van der Waals surface area (Å²) in [6.07, 6.45) is 3.69. The second kappa shape index (κ2) is 2.20. The molecular weight excluding hydrogens is 146 g/mol. The van der Waals surface area contributed by atoms with Gasteiger partial charge in [0.25, 0.3) is 0 Å². The molecular formula is C6H9N3S. The fourth-order valence-electron chi connectivity index (χ4n) is 1.02. The minimum absolute atomic E-state index is 0.604. The number of nitrogens with zero attached hydrogens (tertiary/aromatic N) is 2. The van der Waals surface area contributed by atoms with Gasteiger partial charge in [-0.05, 0) is 0 Å². The molecule has 1 aliphatic rings. The van der Waals surface area contributed by atoms with Gasteiger partial charge in [0, 0.05) is 23.9 Å². The van der Waals surface area contributed by atoms with Gasteiger partial charge >= 0.3 is 0 Å². The second-order valence-corrected chi connectivity index (χ2v) is 3.46. The molecule has 0 atom stereocenters. The number of aromatic nitrogens is 2. The van der Waals surface area contributed by atoms with E-state index in [0.29, 0.717) is 12.0 Å². The van der Waals surface area contributed by atoms with E-state index in [0.717, 1.165) is 0 Å². The van der Waals surface area contributed by atoms with E-state index in [1.54, 1.807) is 6.20 Å². The number of hydrogen-bond acceptors (Lipinski definition) is 3. The third-order valence-corrected chi connectivity index (χ3v) is 2.95. The smallest absolute Gasteiger partial charge is 0.200 e. The van der Waals surface area contributed by atoms with Gasteiger partial charge in [0.2, 0.25) is 0 Å². The van der Waals surface area contributed by atoms with Crippen LogP contribution in [-0.4, -0.2) is 21.1 Å². The van der Waals surface area contributed by atoms with Gasteiger partial charge in [-0.3, -0.25) is 0 Å². The van der Waals surface area contributed by atoms with Crippen LogP contribution in [0.15, 0.2) is 12.4 Å². The summed E-state index contributed by atoms with van der Waals surface area (Å²) < 4.78 is 2.04. The van der Waals surface area contributed by atoms with E-state index in [9.17, 15) is 0 Å². The molecule has 0 aliphatic carbocycles. The van der Waals surface area contributed by atoms with Crippen LogP contribution in [0.25, 0.3) is 0 Å². The van der Waals surface area contributed by atoms with Crippen LogP contribution in [0.1, 0.15) is 6.04 Å². The van der Waals surface area contributed by atoms with Crippen molar-refractivity contribution in [2.45, 2.75) is 6.04 Å². The summed E-state index contributed by atoms with van der Waals surface area (Å²) in [7, 11) is 0. The zero-order chi connectivity index (χ0) is 6.97. The Morgan fingerprint density at radius 1 is 1.70 bits per heavy atom. The lowest BCUT2D eigenvalue weighted by atomic mass is 10.4. The lowest BCUT2D eigenvalue weighted by Gasteiger charge is -2.26. The number of rotatable bonds is 1. The van der Waals surface area contributed by atoms with Gasteiger partial charge in [0.05, 0.1) is 6.04 Å². The molecule has 54 valence electrons. The van der Waals surface area contributed by atoms with Crippen LogP contribution in [0.5, 0.6) is 0 Å². The Morgan fingerprint density at radius 2 is 2.50 bits per heavy atom. The Kier molecular flexibility index (Phi) is 1.34. The maximum absolute atomic E-state index is 5.59. The lowest BCUT2D eigenvalue weighted by Crippen LogP contribution is -2.23. The molecule has 3 nitrogen and oxygen atoms in total. The number of thioether (sulfide) groups is 1. The Morgan fingerprint density at radius 3 is 2.90 bits per heavy atom. The number of hydrogen-bond donors (Lipinski definition) is 1. The van der Waals surface area contributed by atoms with Crippen molar-refractivity contribution in [3.8, 4) is 0 Å². The molecule has 0 amide bonds. The Balaban J connectivity index is 2.23. The van der Waals surface area contributed by atoms with Crippen LogP contribution >= 0.6 is 11.8 Å². The minimum Gasteiger partial charge on any atom is -0.369 e. The Hall–Kier alpha value is -0.640. The lowest BCUT2D eigenvalue weighted by molar-refractivity contribution is 0.601. The average Bonchev–Trinajstić information content (AvgIpc) is 2.12. The number of nitrogen functional groups attached to an aromatic ring is 1. The molecule has 0 bridgehead atoms. The molecule has 4 heteroatoms. The predicted molar refractivity (Wildman–Crippen MR) is 43.0 cm³/mol. The van der Waals surface area contributed by atoms with Gasteiger partial charge in [0.15, 0.2) is 5.95 Å². The summed E-state index contributed by atoms with van der Waals surface area (Å²) in [5.41, 5.74) is 5.59. The van der Waals surface area contributed by atoms with E-state index in [-0.39, 0.29) is 0 Å². The summed E-state index contributed by atoms with van der Waals surface area (Å²) in [5.74, 6) is 3.01. The van der Waals surface area contributed by atoms with Crippen LogP contribution in [0.3, 0.4) is 0 Å². The molecule has 2 N–H and O–H groups in total. The van der Waals surface area contributed by atoms with Gasteiger partial charge in [0.1, 0.15) is 0 Å². The standard InChI is InChI=1S/C6H9N3S/c7-6-8-1-2-9(6)5-3-10-4-5/h1-2,5H,3-4H2,(H2,7,8). The van der Waals surface area contributed by atoms with Crippen LogP contribution in [0.4, 0.5) is 5.95 Å². The molecule has 1 aromatic heterocycles. The zero-order valence-electron chi connectivity index (χ0n) is 5.53. The Bertz CT molecular complexity index is 229. The van der Waals surface area contributed by atoms with E-state index >= 15 is 0 Å². The molecule has 1 saturated heterocycles. The largest absolute Gasteiger partial charge is 0.369 e. The van der Waals surface area contributed by atoms with Crippen molar-refractivity contribution in [3.05, 3.63) is 12.4 Å². The first-order valence-corrected chi connectivity index (χ1v) is 4.39. The van der Waals surface area contributed by atoms with Crippen molar-refractivity contribution in [3.63, 3.8) is 0 Å². The van der Waals surface area contributed by atoms with Crippen LogP contribution in [0.2, 0.25) is 0 Å². The summed E-state index contributed by atoms with van der Waals surface area (Å²) in [6, 6.07) is 0.604. The fraction of sp³-hybridized carbons (Fsp3) is 0.500. The molecule has 0 unspecified atom stereocenters. The molecule has 2 heterocycles. The topological polar surface area (TPSA) is 43.8 Å². The first-order valence-electron chi connectivity index (χ1n) is 3.24. The predicted octanol–water partition coefficient (Wildman–Crippen LogP) is 0.753. The first-order chi connectivity index (χ1) is 4.88. The van der Waals surface area contributed by atoms with Gasteiger partial charge < -0.3 is 10.3 Å².